The highest BCUT2D eigenvalue weighted by molar-refractivity contribution is 5.91. The summed E-state index contributed by atoms with van der Waals surface area (Å²) in [5.74, 6) is -3.83. The number of aliphatic hydroxyl groups is 2. The van der Waals surface area contributed by atoms with E-state index in [9.17, 15) is 24.6 Å². The Hall–Kier alpha value is -1.71. The highest BCUT2D eigenvalue weighted by atomic mass is 16.7. The normalized spacial score (nSPS) is 59.2. The van der Waals surface area contributed by atoms with Gasteiger partial charge >= 0.3 is 17.9 Å². The summed E-state index contributed by atoms with van der Waals surface area (Å²) >= 11 is 0. The highest BCUT2D eigenvalue weighted by Crippen LogP contribution is 2.83. The van der Waals surface area contributed by atoms with Crippen LogP contribution in [0.15, 0.2) is 0 Å². The molecule has 11 atom stereocenters. The fraction of sp³-hybridized carbons (Fsp3) is 0.850. The summed E-state index contributed by atoms with van der Waals surface area (Å²) in [7, 11) is 0. The van der Waals surface area contributed by atoms with Crippen LogP contribution in [0.25, 0.3) is 0 Å². The molecule has 0 aromatic rings. The van der Waals surface area contributed by atoms with Gasteiger partial charge in [0.15, 0.2) is 11.7 Å². The Morgan fingerprint density at radius 2 is 1.72 bits per heavy atom. The zero-order chi connectivity index (χ0) is 20.9. The minimum atomic E-state index is -1.61. The third-order valence-corrected chi connectivity index (χ3v) is 8.71. The van der Waals surface area contributed by atoms with Gasteiger partial charge in [-0.3, -0.25) is 4.79 Å². The van der Waals surface area contributed by atoms with Crippen molar-refractivity contribution in [1.29, 1.82) is 0 Å². The van der Waals surface area contributed by atoms with Gasteiger partial charge in [-0.05, 0) is 11.8 Å². The summed E-state index contributed by atoms with van der Waals surface area (Å²) in [6, 6.07) is 0. The SMILES string of the molecule is C[C@@H]1C(=O)OC2CC34C5OC(=O)C3(OC3OC(=O)[C@H](O)C34[C@H](C(C)(C)C)[C@H]5O)C21. The van der Waals surface area contributed by atoms with Crippen LogP contribution in [0, 0.1) is 34.0 Å². The number of hydrogen-bond acceptors (Lipinski definition) is 9. The number of fused-ring (bicyclic) bond motifs is 1. The lowest BCUT2D eigenvalue weighted by molar-refractivity contribution is -0.207. The van der Waals surface area contributed by atoms with Gasteiger partial charge in [0.1, 0.15) is 12.2 Å². The first-order chi connectivity index (χ1) is 13.5. The van der Waals surface area contributed by atoms with Gasteiger partial charge in [-0.2, -0.15) is 0 Å². The molecular formula is C20H24O9. The number of hydrogen-bond donors (Lipinski definition) is 2. The summed E-state index contributed by atoms with van der Waals surface area (Å²) in [4.78, 5) is 38.1. The van der Waals surface area contributed by atoms with Crippen LogP contribution in [-0.4, -0.2) is 64.4 Å². The van der Waals surface area contributed by atoms with Crippen molar-refractivity contribution in [2.45, 2.75) is 70.4 Å². The number of carbonyl (C=O) groups excluding carboxylic acids is 3. The lowest BCUT2D eigenvalue weighted by Crippen LogP contribution is -2.59. The number of ether oxygens (including phenoxy) is 4. The Kier molecular flexibility index (Phi) is 2.89. The van der Waals surface area contributed by atoms with Crippen molar-refractivity contribution in [3.8, 4) is 0 Å². The van der Waals surface area contributed by atoms with E-state index in [1.165, 1.54) is 0 Å². The molecule has 6 aliphatic rings. The summed E-state index contributed by atoms with van der Waals surface area (Å²) in [6.07, 6.45) is -5.34. The van der Waals surface area contributed by atoms with Gasteiger partial charge in [0.25, 0.3) is 0 Å². The monoisotopic (exact) mass is 408 g/mol. The highest BCUT2D eigenvalue weighted by Gasteiger charge is 2.99. The van der Waals surface area contributed by atoms with Gasteiger partial charge in [-0.25, -0.2) is 9.59 Å². The van der Waals surface area contributed by atoms with Crippen molar-refractivity contribution in [3.05, 3.63) is 0 Å². The minimum Gasteiger partial charge on any atom is -0.462 e. The first kappa shape index (κ1) is 18.1. The molecule has 6 rings (SSSR count). The molecule has 2 spiro atoms. The van der Waals surface area contributed by atoms with E-state index in [2.05, 4.69) is 0 Å². The van der Waals surface area contributed by atoms with E-state index in [1.54, 1.807) is 6.92 Å². The van der Waals surface area contributed by atoms with Crippen LogP contribution in [0.2, 0.25) is 0 Å². The van der Waals surface area contributed by atoms with Crippen molar-refractivity contribution < 1.29 is 43.5 Å². The van der Waals surface area contributed by atoms with Crippen molar-refractivity contribution >= 4 is 17.9 Å². The second-order valence-corrected chi connectivity index (χ2v) is 10.6. The van der Waals surface area contributed by atoms with E-state index in [0.29, 0.717) is 0 Å². The molecule has 29 heavy (non-hydrogen) atoms. The lowest BCUT2D eigenvalue weighted by atomic mass is 9.52. The van der Waals surface area contributed by atoms with Crippen molar-refractivity contribution in [2.24, 2.45) is 34.0 Å². The summed E-state index contributed by atoms with van der Waals surface area (Å²) < 4.78 is 23.0. The molecule has 2 aliphatic carbocycles. The third kappa shape index (κ3) is 1.43. The molecule has 2 saturated carbocycles. The molecule has 4 heterocycles. The fourth-order valence-corrected chi connectivity index (χ4v) is 8.25. The molecule has 0 aromatic carbocycles. The Bertz CT molecular complexity index is 878. The molecule has 158 valence electrons. The second-order valence-electron chi connectivity index (χ2n) is 10.6. The Morgan fingerprint density at radius 1 is 1.03 bits per heavy atom. The van der Waals surface area contributed by atoms with Gasteiger partial charge in [0, 0.05) is 11.8 Å². The number of aliphatic hydroxyl groups excluding tert-OH is 2. The second kappa shape index (κ2) is 4.63. The van der Waals surface area contributed by atoms with E-state index in [1.807, 2.05) is 20.8 Å². The average molecular weight is 408 g/mol. The zero-order valence-corrected chi connectivity index (χ0v) is 16.6. The van der Waals surface area contributed by atoms with E-state index in [-0.39, 0.29) is 6.42 Å². The van der Waals surface area contributed by atoms with Crippen molar-refractivity contribution in [2.75, 3.05) is 0 Å². The molecule has 2 N–H and O–H groups in total. The maximum absolute atomic E-state index is 13.3. The molecule has 4 aliphatic heterocycles. The molecule has 4 saturated heterocycles. The maximum Gasteiger partial charge on any atom is 0.340 e. The Morgan fingerprint density at radius 3 is 2.38 bits per heavy atom. The smallest absolute Gasteiger partial charge is 0.340 e. The Balaban J connectivity index is 1.68. The van der Waals surface area contributed by atoms with Crippen LogP contribution >= 0.6 is 0 Å². The quantitative estimate of drug-likeness (QED) is 0.403. The molecule has 9 nitrogen and oxygen atoms in total. The van der Waals surface area contributed by atoms with Gasteiger partial charge in [-0.1, -0.05) is 27.7 Å². The first-order valence-electron chi connectivity index (χ1n) is 10.1. The molecule has 0 amide bonds. The average Bonchev–Trinajstić information content (AvgIpc) is 3.30. The standard InChI is InChI=1S/C20H24O9/c1-6-8-7(26-13(6)23)5-18-12-9(21)10(17(2,3)4)19(18)11(22)14(24)28-16(19)29-20(8,18)15(25)27-12/h6-12,16,21-22H,5H2,1-4H3/t6-,7?,8?,9+,10-,11-,12?,16?,18?,19?,20?/m0/s1. The minimum absolute atomic E-state index is 0.165. The molecule has 7 unspecified atom stereocenters. The van der Waals surface area contributed by atoms with Crippen LogP contribution < -0.4 is 0 Å². The van der Waals surface area contributed by atoms with E-state index >= 15 is 0 Å². The van der Waals surface area contributed by atoms with Gasteiger partial charge < -0.3 is 29.2 Å². The largest absolute Gasteiger partial charge is 0.462 e. The van der Waals surface area contributed by atoms with E-state index < -0.39 is 88.2 Å². The zero-order valence-electron chi connectivity index (χ0n) is 16.6. The lowest BCUT2D eigenvalue weighted by Gasteiger charge is -2.46. The van der Waals surface area contributed by atoms with Gasteiger partial charge in [0.2, 0.25) is 6.29 Å². The molecule has 0 radical (unpaired) electrons. The van der Waals surface area contributed by atoms with Crippen LogP contribution in [0.5, 0.6) is 0 Å². The molecule has 0 aromatic heterocycles. The summed E-state index contributed by atoms with van der Waals surface area (Å²) in [5, 5.41) is 22.6. The predicted molar refractivity (Wildman–Crippen MR) is 90.6 cm³/mol. The van der Waals surface area contributed by atoms with E-state index in [4.69, 9.17) is 18.9 Å². The number of carbonyl (C=O) groups is 3. The van der Waals surface area contributed by atoms with E-state index in [0.717, 1.165) is 0 Å². The number of rotatable bonds is 0. The summed E-state index contributed by atoms with van der Waals surface area (Å²) in [5.41, 5.74) is -4.79. The maximum atomic E-state index is 13.3. The first-order valence-corrected chi connectivity index (χ1v) is 10.1. The Labute approximate surface area is 166 Å². The molecule has 0 bridgehead atoms. The molecule has 9 heteroatoms. The topological polar surface area (TPSA) is 129 Å². The summed E-state index contributed by atoms with van der Waals surface area (Å²) in [6.45, 7) is 7.39. The predicted octanol–water partition coefficient (Wildman–Crippen LogP) is -0.484. The van der Waals surface area contributed by atoms with Crippen LogP contribution in [-0.2, 0) is 33.3 Å². The van der Waals surface area contributed by atoms with Crippen molar-refractivity contribution in [3.63, 3.8) is 0 Å². The fourth-order valence-electron chi connectivity index (χ4n) is 8.25. The van der Waals surface area contributed by atoms with Gasteiger partial charge in [-0.15, -0.1) is 0 Å². The molecule has 6 fully saturated rings. The molecular weight excluding hydrogens is 384 g/mol. The van der Waals surface area contributed by atoms with Crippen LogP contribution in [0.4, 0.5) is 0 Å². The number of esters is 3. The van der Waals surface area contributed by atoms with Crippen LogP contribution in [0.1, 0.15) is 34.1 Å². The van der Waals surface area contributed by atoms with Gasteiger partial charge in [0.05, 0.1) is 22.9 Å². The third-order valence-electron chi connectivity index (χ3n) is 8.71. The van der Waals surface area contributed by atoms with Crippen molar-refractivity contribution in [1.82, 2.24) is 0 Å². The van der Waals surface area contributed by atoms with Crippen LogP contribution in [0.3, 0.4) is 0 Å².